The molecule has 2 aromatic rings. The van der Waals surface area contributed by atoms with Gasteiger partial charge >= 0.3 is 5.97 Å². The van der Waals surface area contributed by atoms with Crippen molar-refractivity contribution >= 4 is 23.5 Å². The first kappa shape index (κ1) is 16.5. The Morgan fingerprint density at radius 2 is 1.48 bits per heavy atom. The van der Waals surface area contributed by atoms with Crippen LogP contribution in [0.25, 0.3) is 6.08 Å². The van der Waals surface area contributed by atoms with Gasteiger partial charge in [-0.15, -0.1) is 0 Å². The van der Waals surface area contributed by atoms with E-state index in [1.807, 2.05) is 43.3 Å². The first-order valence-corrected chi connectivity index (χ1v) is 7.19. The van der Waals surface area contributed by atoms with E-state index >= 15 is 0 Å². The van der Waals surface area contributed by atoms with Crippen molar-refractivity contribution in [3.05, 3.63) is 71.3 Å². The molecule has 0 bridgehead atoms. The lowest BCUT2D eigenvalue weighted by Crippen LogP contribution is -2.08. The Balaban J connectivity index is 2.07. The molecule has 4 nitrogen and oxygen atoms in total. The molecule has 0 aliphatic carbocycles. The number of esters is 1. The van der Waals surface area contributed by atoms with Crippen molar-refractivity contribution < 1.29 is 14.3 Å². The van der Waals surface area contributed by atoms with Gasteiger partial charge in [0.1, 0.15) is 0 Å². The molecular weight excluding hydrogens is 290 g/mol. The number of ketones is 1. The van der Waals surface area contributed by atoms with Crippen molar-refractivity contribution in [3.8, 4) is 0 Å². The predicted molar refractivity (Wildman–Crippen MR) is 91.9 cm³/mol. The van der Waals surface area contributed by atoms with Crippen molar-refractivity contribution in [2.75, 3.05) is 26.1 Å². The van der Waals surface area contributed by atoms with Crippen LogP contribution in [0.4, 0.5) is 5.69 Å². The summed E-state index contributed by atoms with van der Waals surface area (Å²) >= 11 is 0. The number of ether oxygens (including phenoxy) is 1. The van der Waals surface area contributed by atoms with Gasteiger partial charge in [-0.25, -0.2) is 4.79 Å². The Hall–Kier alpha value is -2.88. The van der Waals surface area contributed by atoms with Crippen LogP contribution in [0.15, 0.2) is 54.6 Å². The van der Waals surface area contributed by atoms with E-state index in [2.05, 4.69) is 4.74 Å². The summed E-state index contributed by atoms with van der Waals surface area (Å²) in [7, 11) is 5.25. The fraction of sp³-hybridized carbons (Fsp3) is 0.158. The summed E-state index contributed by atoms with van der Waals surface area (Å²) in [6, 6.07) is 14.3. The molecule has 0 saturated carbocycles. The summed E-state index contributed by atoms with van der Waals surface area (Å²) in [5.41, 5.74) is 3.01. The molecule has 23 heavy (non-hydrogen) atoms. The summed E-state index contributed by atoms with van der Waals surface area (Å²) in [5, 5.41) is 0. The molecule has 0 heterocycles. The SMILES string of the molecule is COC(=O)c1ccc(C=CC(=O)c2ccc(N(C)C)cc2)cc1. The highest BCUT2D eigenvalue weighted by Crippen LogP contribution is 2.14. The smallest absolute Gasteiger partial charge is 0.337 e. The third kappa shape index (κ3) is 4.30. The highest BCUT2D eigenvalue weighted by atomic mass is 16.5. The van der Waals surface area contributed by atoms with Crippen LogP contribution in [0.2, 0.25) is 0 Å². The number of allylic oxidation sites excluding steroid dienone is 1. The molecule has 2 aromatic carbocycles. The molecule has 0 aliphatic rings. The second-order valence-electron chi connectivity index (χ2n) is 5.25. The Morgan fingerprint density at radius 3 is 2.00 bits per heavy atom. The molecule has 0 atom stereocenters. The second kappa shape index (κ2) is 7.40. The topological polar surface area (TPSA) is 46.6 Å². The molecule has 0 amide bonds. The Bertz CT molecular complexity index is 713. The van der Waals surface area contributed by atoms with Crippen molar-refractivity contribution in [2.24, 2.45) is 0 Å². The third-order valence-electron chi connectivity index (χ3n) is 3.43. The number of hydrogen-bond acceptors (Lipinski definition) is 4. The van der Waals surface area contributed by atoms with Gasteiger partial charge in [-0.3, -0.25) is 4.79 Å². The van der Waals surface area contributed by atoms with Crippen molar-refractivity contribution in [2.45, 2.75) is 0 Å². The highest BCUT2D eigenvalue weighted by Gasteiger charge is 2.04. The van der Waals surface area contributed by atoms with Crippen LogP contribution < -0.4 is 4.90 Å². The van der Waals surface area contributed by atoms with Crippen molar-refractivity contribution in [1.29, 1.82) is 0 Å². The van der Waals surface area contributed by atoms with Crippen LogP contribution in [0.1, 0.15) is 26.3 Å². The van der Waals surface area contributed by atoms with Crippen molar-refractivity contribution in [1.82, 2.24) is 0 Å². The average Bonchev–Trinajstić information content (AvgIpc) is 2.59. The molecule has 0 N–H and O–H groups in total. The van der Waals surface area contributed by atoms with E-state index in [1.54, 1.807) is 30.3 Å². The van der Waals surface area contributed by atoms with Crippen molar-refractivity contribution in [3.63, 3.8) is 0 Å². The quantitative estimate of drug-likeness (QED) is 0.482. The lowest BCUT2D eigenvalue weighted by Gasteiger charge is -2.11. The van der Waals surface area contributed by atoms with Gasteiger partial charge in [0.05, 0.1) is 12.7 Å². The molecule has 2 rings (SSSR count). The highest BCUT2D eigenvalue weighted by molar-refractivity contribution is 6.07. The number of carbonyl (C=O) groups excluding carboxylic acids is 2. The Kier molecular flexibility index (Phi) is 5.31. The van der Waals surface area contributed by atoms with E-state index in [0.717, 1.165) is 11.3 Å². The number of hydrogen-bond donors (Lipinski definition) is 0. The zero-order chi connectivity index (χ0) is 16.8. The zero-order valence-electron chi connectivity index (χ0n) is 13.4. The number of rotatable bonds is 5. The monoisotopic (exact) mass is 309 g/mol. The lowest BCUT2D eigenvalue weighted by atomic mass is 10.1. The second-order valence-corrected chi connectivity index (χ2v) is 5.25. The summed E-state index contributed by atoms with van der Waals surface area (Å²) in [6.45, 7) is 0. The van der Waals surface area contributed by atoms with Crippen LogP contribution in [0.3, 0.4) is 0 Å². The number of benzene rings is 2. The normalized spacial score (nSPS) is 10.6. The summed E-state index contributed by atoms with van der Waals surface area (Å²) in [4.78, 5) is 25.5. The van der Waals surface area contributed by atoms with Gasteiger partial charge in [-0.1, -0.05) is 18.2 Å². The van der Waals surface area contributed by atoms with Gasteiger partial charge in [-0.05, 0) is 48.0 Å². The lowest BCUT2D eigenvalue weighted by molar-refractivity contribution is 0.0600. The Morgan fingerprint density at radius 1 is 0.913 bits per heavy atom. The van der Waals surface area contributed by atoms with Gasteiger partial charge in [0.25, 0.3) is 0 Å². The molecule has 118 valence electrons. The van der Waals surface area contributed by atoms with Crippen LogP contribution in [-0.2, 0) is 4.74 Å². The maximum Gasteiger partial charge on any atom is 0.337 e. The number of nitrogens with zero attached hydrogens (tertiary/aromatic N) is 1. The molecule has 0 spiro atoms. The maximum absolute atomic E-state index is 12.1. The molecule has 0 fully saturated rings. The minimum Gasteiger partial charge on any atom is -0.465 e. The average molecular weight is 309 g/mol. The molecule has 0 aromatic heterocycles. The number of carbonyl (C=O) groups is 2. The van der Waals surface area contributed by atoms with Gasteiger partial charge in [0.2, 0.25) is 0 Å². The van der Waals surface area contributed by atoms with Crippen LogP contribution in [0, 0.1) is 0 Å². The van der Waals surface area contributed by atoms with E-state index in [1.165, 1.54) is 13.2 Å². The minimum absolute atomic E-state index is 0.0626. The van der Waals surface area contributed by atoms with Crippen LogP contribution in [0.5, 0.6) is 0 Å². The Labute approximate surface area is 136 Å². The number of methoxy groups -OCH3 is 1. The minimum atomic E-state index is -0.377. The zero-order valence-corrected chi connectivity index (χ0v) is 13.4. The first-order valence-electron chi connectivity index (χ1n) is 7.19. The van der Waals surface area contributed by atoms with E-state index in [4.69, 9.17) is 0 Å². The van der Waals surface area contributed by atoms with E-state index in [-0.39, 0.29) is 11.8 Å². The third-order valence-corrected chi connectivity index (χ3v) is 3.43. The van der Waals surface area contributed by atoms with E-state index in [0.29, 0.717) is 11.1 Å². The van der Waals surface area contributed by atoms with E-state index < -0.39 is 0 Å². The fourth-order valence-corrected chi connectivity index (χ4v) is 2.04. The molecular formula is C19H19NO3. The van der Waals surface area contributed by atoms with E-state index in [9.17, 15) is 9.59 Å². The van der Waals surface area contributed by atoms with Gasteiger partial charge in [-0.2, -0.15) is 0 Å². The predicted octanol–water partition coefficient (Wildman–Crippen LogP) is 3.44. The largest absolute Gasteiger partial charge is 0.465 e. The van der Waals surface area contributed by atoms with Gasteiger partial charge in [0, 0.05) is 25.3 Å². The molecule has 0 saturated heterocycles. The summed E-state index contributed by atoms with van der Waals surface area (Å²) in [6.07, 6.45) is 3.25. The van der Waals surface area contributed by atoms with Crippen LogP contribution >= 0.6 is 0 Å². The summed E-state index contributed by atoms with van der Waals surface area (Å²) in [5.74, 6) is -0.440. The summed E-state index contributed by atoms with van der Waals surface area (Å²) < 4.78 is 4.64. The van der Waals surface area contributed by atoms with Crippen LogP contribution in [-0.4, -0.2) is 33.0 Å². The molecule has 0 unspecified atom stereocenters. The molecule has 0 aliphatic heterocycles. The maximum atomic E-state index is 12.1. The molecule has 0 radical (unpaired) electrons. The molecule has 4 heteroatoms. The standard InChI is InChI=1S/C19H19NO3/c1-20(2)17-11-9-15(10-12-17)18(21)13-6-14-4-7-16(8-5-14)19(22)23-3/h4-13H,1-3H3. The number of anilines is 1. The van der Waals surface area contributed by atoms with Gasteiger partial charge < -0.3 is 9.64 Å². The fourth-order valence-electron chi connectivity index (χ4n) is 2.04. The van der Waals surface area contributed by atoms with Gasteiger partial charge in [0.15, 0.2) is 5.78 Å². The first-order chi connectivity index (χ1) is 11.0.